The van der Waals surface area contributed by atoms with Gasteiger partial charge in [0.2, 0.25) is 0 Å². The van der Waals surface area contributed by atoms with E-state index < -0.39 is 21.8 Å². The first kappa shape index (κ1) is 18.8. The SMILES string of the molecule is O=S(=O)(Nc1ccc(C(F)(F)F)cc1Oc1ccccc1)c1ccccc1. The molecular formula is C19H14F3NO3S. The minimum absolute atomic E-state index is 0.0180. The van der Waals surface area contributed by atoms with Gasteiger partial charge in [0.1, 0.15) is 5.75 Å². The molecule has 0 saturated carbocycles. The standard InChI is InChI=1S/C19H14F3NO3S/c20-19(21,22)14-11-12-17(18(13-14)26-15-7-3-1-4-8-15)23-27(24,25)16-9-5-2-6-10-16/h1-13,23H. The predicted molar refractivity (Wildman–Crippen MR) is 95.2 cm³/mol. The lowest BCUT2D eigenvalue weighted by atomic mass is 10.2. The summed E-state index contributed by atoms with van der Waals surface area (Å²) in [5, 5.41) is 0. The molecule has 140 valence electrons. The number of anilines is 1. The number of ether oxygens (including phenoxy) is 1. The van der Waals surface area contributed by atoms with Gasteiger partial charge < -0.3 is 4.74 Å². The van der Waals surface area contributed by atoms with Crippen molar-refractivity contribution in [2.24, 2.45) is 0 Å². The number of benzene rings is 3. The van der Waals surface area contributed by atoms with E-state index in [1.807, 2.05) is 0 Å². The molecule has 0 atom stereocenters. The molecule has 0 amide bonds. The van der Waals surface area contributed by atoms with Crippen molar-refractivity contribution in [2.75, 3.05) is 4.72 Å². The van der Waals surface area contributed by atoms with Crippen molar-refractivity contribution in [2.45, 2.75) is 11.1 Å². The first-order chi connectivity index (χ1) is 12.8. The van der Waals surface area contributed by atoms with E-state index in [1.165, 1.54) is 12.1 Å². The van der Waals surface area contributed by atoms with E-state index in [1.54, 1.807) is 48.5 Å². The molecule has 0 spiro atoms. The van der Waals surface area contributed by atoms with Crippen molar-refractivity contribution in [3.63, 3.8) is 0 Å². The predicted octanol–water partition coefficient (Wildman–Crippen LogP) is 5.30. The van der Waals surface area contributed by atoms with Crippen LogP contribution in [0.2, 0.25) is 0 Å². The highest BCUT2D eigenvalue weighted by atomic mass is 32.2. The summed E-state index contributed by atoms with van der Waals surface area (Å²) < 4.78 is 71.9. The second-order valence-corrected chi connectivity index (χ2v) is 7.22. The average molecular weight is 393 g/mol. The van der Waals surface area contributed by atoms with Crippen LogP contribution in [0, 0.1) is 0 Å². The van der Waals surface area contributed by atoms with Crippen LogP contribution in [-0.2, 0) is 16.2 Å². The third kappa shape index (κ3) is 4.59. The molecule has 0 saturated heterocycles. The molecule has 1 N–H and O–H groups in total. The van der Waals surface area contributed by atoms with Gasteiger partial charge in [-0.2, -0.15) is 13.2 Å². The van der Waals surface area contributed by atoms with Crippen molar-refractivity contribution >= 4 is 15.7 Å². The maximum absolute atomic E-state index is 13.0. The molecule has 3 rings (SSSR count). The lowest BCUT2D eigenvalue weighted by Gasteiger charge is -2.16. The minimum atomic E-state index is -4.59. The summed E-state index contributed by atoms with van der Waals surface area (Å²) in [6.07, 6.45) is -4.59. The van der Waals surface area contributed by atoms with Gasteiger partial charge in [-0.1, -0.05) is 36.4 Å². The van der Waals surface area contributed by atoms with Gasteiger partial charge in [0.25, 0.3) is 10.0 Å². The van der Waals surface area contributed by atoms with Crippen LogP contribution in [0.15, 0.2) is 83.8 Å². The van der Waals surface area contributed by atoms with Crippen molar-refractivity contribution in [3.05, 3.63) is 84.4 Å². The van der Waals surface area contributed by atoms with Crippen LogP contribution in [-0.4, -0.2) is 8.42 Å². The molecule has 8 heteroatoms. The zero-order valence-corrected chi connectivity index (χ0v) is 14.6. The third-order valence-corrected chi connectivity index (χ3v) is 4.96. The molecule has 27 heavy (non-hydrogen) atoms. The van der Waals surface area contributed by atoms with Crippen LogP contribution in [0.3, 0.4) is 0 Å². The summed E-state index contributed by atoms with van der Waals surface area (Å²) in [5.41, 5.74) is -1.05. The molecule has 3 aromatic rings. The summed E-state index contributed by atoms with van der Waals surface area (Å²) in [5.74, 6) is 0.0208. The molecule has 4 nitrogen and oxygen atoms in total. The lowest BCUT2D eigenvalue weighted by Crippen LogP contribution is -2.14. The van der Waals surface area contributed by atoms with Crippen LogP contribution < -0.4 is 9.46 Å². The first-order valence-corrected chi connectivity index (χ1v) is 9.26. The number of halogens is 3. The van der Waals surface area contributed by atoms with Gasteiger partial charge in [0.15, 0.2) is 5.75 Å². The van der Waals surface area contributed by atoms with Gasteiger partial charge in [0.05, 0.1) is 16.1 Å². The summed E-state index contributed by atoms with van der Waals surface area (Å²) in [6, 6.07) is 18.2. The van der Waals surface area contributed by atoms with E-state index in [4.69, 9.17) is 4.74 Å². The van der Waals surface area contributed by atoms with Gasteiger partial charge >= 0.3 is 6.18 Å². The first-order valence-electron chi connectivity index (χ1n) is 7.78. The summed E-state index contributed by atoms with van der Waals surface area (Å²) in [6.45, 7) is 0. The van der Waals surface area contributed by atoms with Gasteiger partial charge in [-0.05, 0) is 42.5 Å². The Balaban J connectivity index is 2.01. The molecule has 0 aliphatic carbocycles. The highest BCUT2D eigenvalue weighted by molar-refractivity contribution is 7.92. The molecular weight excluding hydrogens is 379 g/mol. The van der Waals surface area contributed by atoms with E-state index in [0.29, 0.717) is 0 Å². The van der Waals surface area contributed by atoms with Gasteiger partial charge in [-0.3, -0.25) is 4.72 Å². The highest BCUT2D eigenvalue weighted by Gasteiger charge is 2.32. The maximum Gasteiger partial charge on any atom is 0.416 e. The Labute approximate surface area is 154 Å². The second-order valence-electron chi connectivity index (χ2n) is 5.54. The summed E-state index contributed by atoms with van der Waals surface area (Å²) in [4.78, 5) is -0.0180. The Hall–Kier alpha value is -3.00. The van der Waals surface area contributed by atoms with Crippen LogP contribution >= 0.6 is 0 Å². The molecule has 0 aromatic heterocycles. The fourth-order valence-corrected chi connectivity index (χ4v) is 3.38. The molecule has 0 fully saturated rings. The smallest absolute Gasteiger partial charge is 0.416 e. The number of para-hydroxylation sites is 1. The Morgan fingerprint density at radius 2 is 1.41 bits per heavy atom. The van der Waals surface area contributed by atoms with Crippen molar-refractivity contribution in [1.29, 1.82) is 0 Å². The van der Waals surface area contributed by atoms with E-state index in [2.05, 4.69) is 4.72 Å². The number of hydrogen-bond acceptors (Lipinski definition) is 3. The second kappa shape index (κ2) is 7.32. The average Bonchev–Trinajstić information content (AvgIpc) is 2.64. The molecule has 0 bridgehead atoms. The minimum Gasteiger partial charge on any atom is -0.455 e. The lowest BCUT2D eigenvalue weighted by molar-refractivity contribution is -0.137. The Morgan fingerprint density at radius 3 is 2.00 bits per heavy atom. The fourth-order valence-electron chi connectivity index (χ4n) is 2.29. The summed E-state index contributed by atoms with van der Waals surface area (Å²) >= 11 is 0. The van der Waals surface area contributed by atoms with Gasteiger partial charge in [0, 0.05) is 0 Å². The molecule has 0 aliphatic rings. The van der Waals surface area contributed by atoms with E-state index >= 15 is 0 Å². The van der Waals surface area contributed by atoms with Crippen LogP contribution in [0.4, 0.5) is 18.9 Å². The molecule has 3 aromatic carbocycles. The molecule has 0 unspecified atom stereocenters. The Bertz CT molecular complexity index is 1020. The normalized spacial score (nSPS) is 11.8. The zero-order chi connectivity index (χ0) is 19.5. The van der Waals surface area contributed by atoms with E-state index in [0.717, 1.165) is 18.2 Å². The van der Waals surface area contributed by atoms with E-state index in [9.17, 15) is 21.6 Å². The number of nitrogens with one attached hydrogen (secondary N) is 1. The van der Waals surface area contributed by atoms with Crippen LogP contribution in [0.25, 0.3) is 0 Å². The third-order valence-electron chi connectivity index (χ3n) is 3.58. The summed E-state index contributed by atoms with van der Waals surface area (Å²) in [7, 11) is -3.99. The number of hydrogen-bond donors (Lipinski definition) is 1. The zero-order valence-electron chi connectivity index (χ0n) is 13.8. The van der Waals surface area contributed by atoms with Gasteiger partial charge in [-0.25, -0.2) is 8.42 Å². The maximum atomic E-state index is 13.0. The Morgan fingerprint density at radius 1 is 0.815 bits per heavy atom. The van der Waals surface area contributed by atoms with Gasteiger partial charge in [-0.15, -0.1) is 0 Å². The number of rotatable bonds is 5. The Kier molecular flexibility index (Phi) is 5.09. The molecule has 0 aliphatic heterocycles. The largest absolute Gasteiger partial charge is 0.455 e. The molecule has 0 radical (unpaired) electrons. The fraction of sp³-hybridized carbons (Fsp3) is 0.0526. The monoisotopic (exact) mass is 393 g/mol. The quantitative estimate of drug-likeness (QED) is 0.640. The van der Waals surface area contributed by atoms with E-state index in [-0.39, 0.29) is 22.1 Å². The van der Waals surface area contributed by atoms with Crippen molar-refractivity contribution < 1.29 is 26.3 Å². The van der Waals surface area contributed by atoms with Crippen LogP contribution in [0.1, 0.15) is 5.56 Å². The number of alkyl halides is 3. The number of sulfonamides is 1. The van der Waals surface area contributed by atoms with Crippen LogP contribution in [0.5, 0.6) is 11.5 Å². The van der Waals surface area contributed by atoms with Crippen molar-refractivity contribution in [3.8, 4) is 11.5 Å². The topological polar surface area (TPSA) is 55.4 Å². The molecule has 0 heterocycles. The van der Waals surface area contributed by atoms with Crippen molar-refractivity contribution in [1.82, 2.24) is 0 Å². The highest BCUT2D eigenvalue weighted by Crippen LogP contribution is 2.37.